The SMILES string of the molecule is CC(C)CCCCCCCCCC(=O)Cc1ccccc1. The Balaban J connectivity index is 1.91. The number of benzene rings is 1. The highest BCUT2D eigenvalue weighted by atomic mass is 16.1. The van der Waals surface area contributed by atoms with E-state index in [4.69, 9.17) is 0 Å². The smallest absolute Gasteiger partial charge is 0.137 e. The summed E-state index contributed by atoms with van der Waals surface area (Å²) in [5, 5.41) is 0. The van der Waals surface area contributed by atoms with Crippen LogP contribution in [0.4, 0.5) is 0 Å². The molecule has 1 rings (SSSR count). The van der Waals surface area contributed by atoms with Crippen molar-refractivity contribution in [3.8, 4) is 0 Å². The molecule has 0 spiro atoms. The predicted molar refractivity (Wildman–Crippen MR) is 91.5 cm³/mol. The highest BCUT2D eigenvalue weighted by molar-refractivity contribution is 5.80. The molecule has 0 aliphatic carbocycles. The van der Waals surface area contributed by atoms with E-state index in [2.05, 4.69) is 13.8 Å². The molecular weight excluding hydrogens is 256 g/mol. The Morgan fingerprint density at radius 2 is 1.43 bits per heavy atom. The number of carbonyl (C=O) groups excluding carboxylic acids is 1. The van der Waals surface area contributed by atoms with Crippen LogP contribution in [-0.4, -0.2) is 5.78 Å². The minimum Gasteiger partial charge on any atom is -0.299 e. The topological polar surface area (TPSA) is 17.1 Å². The molecule has 1 aromatic carbocycles. The van der Waals surface area contributed by atoms with E-state index in [1.165, 1.54) is 44.9 Å². The Morgan fingerprint density at radius 1 is 0.857 bits per heavy atom. The zero-order valence-corrected chi connectivity index (χ0v) is 13.9. The van der Waals surface area contributed by atoms with Crippen molar-refractivity contribution in [2.75, 3.05) is 0 Å². The normalized spacial score (nSPS) is 11.0. The van der Waals surface area contributed by atoms with Gasteiger partial charge in [-0.15, -0.1) is 0 Å². The standard InChI is InChI=1S/C20H32O/c1-18(2)13-9-6-4-3-5-7-12-16-20(21)17-19-14-10-8-11-15-19/h8,10-11,14-15,18H,3-7,9,12-13,16-17H2,1-2H3. The highest BCUT2D eigenvalue weighted by Gasteiger charge is 2.03. The van der Waals surface area contributed by atoms with Crippen molar-refractivity contribution in [1.29, 1.82) is 0 Å². The average molecular weight is 288 g/mol. The van der Waals surface area contributed by atoms with Crippen LogP contribution in [0.2, 0.25) is 0 Å². The first kappa shape index (κ1) is 17.9. The number of ketones is 1. The molecule has 0 atom stereocenters. The van der Waals surface area contributed by atoms with Crippen molar-refractivity contribution in [3.05, 3.63) is 35.9 Å². The number of hydrogen-bond acceptors (Lipinski definition) is 1. The third-order valence-corrected chi connectivity index (χ3v) is 3.98. The molecule has 0 aromatic heterocycles. The lowest BCUT2D eigenvalue weighted by Crippen LogP contribution is -2.02. The number of rotatable bonds is 12. The van der Waals surface area contributed by atoms with E-state index in [9.17, 15) is 4.79 Å². The molecule has 21 heavy (non-hydrogen) atoms. The third-order valence-electron chi connectivity index (χ3n) is 3.98. The fourth-order valence-electron chi connectivity index (χ4n) is 2.67. The van der Waals surface area contributed by atoms with Gasteiger partial charge in [-0.2, -0.15) is 0 Å². The second kappa shape index (κ2) is 11.5. The van der Waals surface area contributed by atoms with E-state index in [0.717, 1.165) is 24.3 Å². The van der Waals surface area contributed by atoms with Gasteiger partial charge in [0.2, 0.25) is 0 Å². The number of carbonyl (C=O) groups is 1. The molecule has 0 radical (unpaired) electrons. The van der Waals surface area contributed by atoms with Crippen molar-refractivity contribution in [2.45, 2.75) is 78.1 Å². The fourth-order valence-corrected chi connectivity index (χ4v) is 2.67. The van der Waals surface area contributed by atoms with Crippen LogP contribution in [0.1, 0.15) is 77.2 Å². The van der Waals surface area contributed by atoms with Crippen LogP contribution < -0.4 is 0 Å². The molecule has 0 unspecified atom stereocenters. The van der Waals surface area contributed by atoms with Gasteiger partial charge < -0.3 is 0 Å². The monoisotopic (exact) mass is 288 g/mol. The number of hydrogen-bond donors (Lipinski definition) is 0. The first-order valence-electron chi connectivity index (χ1n) is 8.74. The molecule has 0 N–H and O–H groups in total. The van der Waals surface area contributed by atoms with Gasteiger partial charge in [0.1, 0.15) is 5.78 Å². The van der Waals surface area contributed by atoms with Crippen molar-refractivity contribution in [3.63, 3.8) is 0 Å². The van der Waals surface area contributed by atoms with Gasteiger partial charge in [0.25, 0.3) is 0 Å². The van der Waals surface area contributed by atoms with E-state index in [1.807, 2.05) is 30.3 Å². The van der Waals surface area contributed by atoms with Gasteiger partial charge in [0, 0.05) is 12.8 Å². The quantitative estimate of drug-likeness (QED) is 0.433. The van der Waals surface area contributed by atoms with E-state index in [0.29, 0.717) is 12.2 Å². The molecule has 1 nitrogen and oxygen atoms in total. The molecule has 0 aliphatic rings. The van der Waals surface area contributed by atoms with Crippen molar-refractivity contribution >= 4 is 5.78 Å². The second-order valence-electron chi connectivity index (χ2n) is 6.61. The molecule has 118 valence electrons. The van der Waals surface area contributed by atoms with Crippen molar-refractivity contribution in [2.24, 2.45) is 5.92 Å². The minimum absolute atomic E-state index is 0.387. The first-order chi connectivity index (χ1) is 10.2. The van der Waals surface area contributed by atoms with Crippen molar-refractivity contribution < 1.29 is 4.79 Å². The summed E-state index contributed by atoms with van der Waals surface area (Å²) in [6, 6.07) is 10.1. The summed E-state index contributed by atoms with van der Waals surface area (Å²) < 4.78 is 0. The lowest BCUT2D eigenvalue weighted by atomic mass is 10.0. The summed E-state index contributed by atoms with van der Waals surface area (Å²) in [6.07, 6.45) is 11.8. The second-order valence-corrected chi connectivity index (χ2v) is 6.61. The minimum atomic E-state index is 0.387. The molecule has 1 aromatic rings. The molecule has 0 saturated carbocycles. The molecule has 0 amide bonds. The molecular formula is C20H32O. The van der Waals surface area contributed by atoms with Gasteiger partial charge in [-0.05, 0) is 17.9 Å². The van der Waals surface area contributed by atoms with Gasteiger partial charge in [-0.1, -0.05) is 89.1 Å². The Hall–Kier alpha value is -1.11. The van der Waals surface area contributed by atoms with Crippen LogP contribution in [0.25, 0.3) is 0 Å². The summed E-state index contributed by atoms with van der Waals surface area (Å²) in [7, 11) is 0. The molecule has 1 heteroatoms. The molecule has 0 bridgehead atoms. The summed E-state index contributed by atoms with van der Waals surface area (Å²) in [6.45, 7) is 4.60. The van der Waals surface area contributed by atoms with Crippen LogP contribution in [0.3, 0.4) is 0 Å². The van der Waals surface area contributed by atoms with E-state index >= 15 is 0 Å². The highest BCUT2D eigenvalue weighted by Crippen LogP contribution is 2.13. The molecule has 0 aliphatic heterocycles. The Kier molecular flexibility index (Phi) is 9.86. The Bertz CT molecular complexity index is 367. The fraction of sp³-hybridized carbons (Fsp3) is 0.650. The maximum atomic E-state index is 11.9. The predicted octanol–water partition coefficient (Wildman–Crippen LogP) is 5.97. The zero-order valence-electron chi connectivity index (χ0n) is 13.9. The molecule has 0 fully saturated rings. The Labute approximate surface area is 131 Å². The van der Waals surface area contributed by atoms with Crippen LogP contribution in [0.15, 0.2) is 30.3 Å². The Morgan fingerprint density at radius 3 is 2.05 bits per heavy atom. The molecule has 0 saturated heterocycles. The van der Waals surface area contributed by atoms with Gasteiger partial charge in [-0.3, -0.25) is 4.79 Å². The van der Waals surface area contributed by atoms with Crippen molar-refractivity contribution in [1.82, 2.24) is 0 Å². The van der Waals surface area contributed by atoms with Gasteiger partial charge >= 0.3 is 0 Å². The maximum absolute atomic E-state index is 11.9. The summed E-state index contributed by atoms with van der Waals surface area (Å²) in [5.41, 5.74) is 1.15. The summed E-state index contributed by atoms with van der Waals surface area (Å²) in [4.78, 5) is 11.9. The largest absolute Gasteiger partial charge is 0.299 e. The number of unbranched alkanes of at least 4 members (excludes halogenated alkanes) is 6. The van der Waals surface area contributed by atoms with Gasteiger partial charge in [0.05, 0.1) is 0 Å². The van der Waals surface area contributed by atoms with Crippen LogP contribution in [0.5, 0.6) is 0 Å². The molecule has 0 heterocycles. The van der Waals surface area contributed by atoms with Crippen LogP contribution in [0, 0.1) is 5.92 Å². The zero-order chi connectivity index (χ0) is 15.3. The maximum Gasteiger partial charge on any atom is 0.137 e. The summed E-state index contributed by atoms with van der Waals surface area (Å²) in [5.74, 6) is 1.23. The lowest BCUT2D eigenvalue weighted by molar-refractivity contribution is -0.118. The lowest BCUT2D eigenvalue weighted by Gasteiger charge is -2.04. The van der Waals surface area contributed by atoms with Gasteiger partial charge in [0.15, 0.2) is 0 Å². The average Bonchev–Trinajstić information content (AvgIpc) is 2.46. The first-order valence-corrected chi connectivity index (χ1v) is 8.74. The van der Waals surface area contributed by atoms with E-state index < -0.39 is 0 Å². The van der Waals surface area contributed by atoms with Gasteiger partial charge in [-0.25, -0.2) is 0 Å². The van der Waals surface area contributed by atoms with E-state index in [-0.39, 0.29) is 0 Å². The summed E-state index contributed by atoms with van der Waals surface area (Å²) >= 11 is 0. The van der Waals surface area contributed by atoms with E-state index in [1.54, 1.807) is 0 Å². The van der Waals surface area contributed by atoms with Crippen LogP contribution >= 0.6 is 0 Å². The number of Topliss-reactive ketones (excluding diaryl/α,β-unsaturated/α-hetero) is 1. The third kappa shape index (κ3) is 10.3. The van der Waals surface area contributed by atoms with Crippen LogP contribution in [-0.2, 0) is 11.2 Å².